The Morgan fingerprint density at radius 2 is 1.88 bits per heavy atom. The lowest BCUT2D eigenvalue weighted by atomic mass is 10.1. The Labute approximate surface area is 148 Å². The van der Waals surface area contributed by atoms with Crippen LogP contribution < -0.4 is 5.43 Å². The molecule has 1 aromatic rings. The largest absolute Gasteiger partial charge is 0.339 e. The number of hydrogen-bond donors (Lipinski definition) is 1. The molecule has 0 spiro atoms. The quantitative estimate of drug-likeness (QED) is 0.859. The Kier molecular flexibility index (Phi) is 5.15. The lowest BCUT2D eigenvalue weighted by molar-refractivity contribution is -0.136. The standard InChI is InChI=1S/C15H17ClN4O3S/c16-12-3-1-10(24-12)9-14(22)19-5-7-20(8-6-19)15(23)11-2-4-13(21)18-17-11/h1,3H,2,4-9H2,(H,18,21). The number of piperazine rings is 1. The lowest BCUT2D eigenvalue weighted by Crippen LogP contribution is -2.53. The van der Waals surface area contributed by atoms with Crippen LogP contribution in [0.5, 0.6) is 0 Å². The molecule has 0 atom stereocenters. The van der Waals surface area contributed by atoms with Gasteiger partial charge in [0.25, 0.3) is 5.91 Å². The van der Waals surface area contributed by atoms with Crippen LogP contribution >= 0.6 is 22.9 Å². The number of carbonyl (C=O) groups excluding carboxylic acids is 3. The summed E-state index contributed by atoms with van der Waals surface area (Å²) in [6, 6.07) is 3.65. The summed E-state index contributed by atoms with van der Waals surface area (Å²) in [7, 11) is 0. The van der Waals surface area contributed by atoms with Gasteiger partial charge in [0.2, 0.25) is 11.8 Å². The van der Waals surface area contributed by atoms with Gasteiger partial charge in [-0.1, -0.05) is 11.6 Å². The highest BCUT2D eigenvalue weighted by Crippen LogP contribution is 2.22. The van der Waals surface area contributed by atoms with E-state index in [1.54, 1.807) is 15.9 Å². The van der Waals surface area contributed by atoms with E-state index in [0.717, 1.165) is 4.88 Å². The third-order valence-corrected chi connectivity index (χ3v) is 5.26. The first-order valence-corrected chi connectivity index (χ1v) is 8.89. The van der Waals surface area contributed by atoms with Crippen molar-refractivity contribution < 1.29 is 14.4 Å². The summed E-state index contributed by atoms with van der Waals surface area (Å²) in [5, 5.41) is 3.83. The Bertz CT molecular complexity index is 695. The molecule has 24 heavy (non-hydrogen) atoms. The van der Waals surface area contributed by atoms with Crippen LogP contribution in [0.1, 0.15) is 17.7 Å². The first-order chi connectivity index (χ1) is 11.5. The number of halogens is 1. The molecular formula is C15H17ClN4O3S. The summed E-state index contributed by atoms with van der Waals surface area (Å²) in [4.78, 5) is 40.1. The summed E-state index contributed by atoms with van der Waals surface area (Å²) < 4.78 is 0.675. The highest BCUT2D eigenvalue weighted by Gasteiger charge is 2.28. The molecule has 128 valence electrons. The SMILES string of the molecule is O=C1CCC(C(=O)N2CCN(C(=O)Cc3ccc(Cl)s3)CC2)=NN1. The fourth-order valence-electron chi connectivity index (χ4n) is 2.68. The Hall–Kier alpha value is -1.93. The van der Waals surface area contributed by atoms with E-state index in [0.29, 0.717) is 49.1 Å². The smallest absolute Gasteiger partial charge is 0.270 e. The molecule has 0 unspecified atom stereocenters. The summed E-state index contributed by atoms with van der Waals surface area (Å²) in [6.07, 6.45) is 0.986. The molecule has 9 heteroatoms. The van der Waals surface area contributed by atoms with Crippen LogP contribution in [0.25, 0.3) is 0 Å². The average molecular weight is 369 g/mol. The van der Waals surface area contributed by atoms with Gasteiger partial charge in [0, 0.05) is 43.9 Å². The fraction of sp³-hybridized carbons (Fsp3) is 0.467. The van der Waals surface area contributed by atoms with Crippen molar-refractivity contribution in [3.05, 3.63) is 21.3 Å². The molecule has 0 aromatic carbocycles. The molecule has 3 rings (SSSR count). The third-order valence-electron chi connectivity index (χ3n) is 4.03. The molecule has 1 fully saturated rings. The summed E-state index contributed by atoms with van der Waals surface area (Å²) >= 11 is 7.29. The highest BCUT2D eigenvalue weighted by molar-refractivity contribution is 7.16. The molecule has 1 N–H and O–H groups in total. The zero-order valence-corrected chi connectivity index (χ0v) is 14.5. The molecule has 2 aliphatic heterocycles. The number of amides is 3. The topological polar surface area (TPSA) is 82.1 Å². The maximum absolute atomic E-state index is 12.4. The van der Waals surface area contributed by atoms with Crippen molar-refractivity contribution in [2.45, 2.75) is 19.3 Å². The van der Waals surface area contributed by atoms with Crippen LogP contribution in [0.2, 0.25) is 4.34 Å². The molecule has 3 heterocycles. The van der Waals surface area contributed by atoms with Crippen LogP contribution in [0, 0.1) is 0 Å². The van der Waals surface area contributed by atoms with E-state index in [2.05, 4.69) is 10.5 Å². The number of nitrogens with one attached hydrogen (secondary N) is 1. The monoisotopic (exact) mass is 368 g/mol. The van der Waals surface area contributed by atoms with E-state index in [1.165, 1.54) is 11.3 Å². The van der Waals surface area contributed by atoms with Gasteiger partial charge in [-0.3, -0.25) is 14.4 Å². The van der Waals surface area contributed by atoms with Crippen molar-refractivity contribution in [1.82, 2.24) is 15.2 Å². The number of carbonyl (C=O) groups is 3. The van der Waals surface area contributed by atoms with E-state index in [4.69, 9.17) is 11.6 Å². The molecule has 0 aliphatic carbocycles. The molecule has 0 bridgehead atoms. The van der Waals surface area contributed by atoms with Crippen LogP contribution in [-0.2, 0) is 20.8 Å². The molecular weight excluding hydrogens is 352 g/mol. The van der Waals surface area contributed by atoms with Crippen LogP contribution in [0.4, 0.5) is 0 Å². The summed E-state index contributed by atoms with van der Waals surface area (Å²) in [6.45, 7) is 1.96. The highest BCUT2D eigenvalue weighted by atomic mass is 35.5. The zero-order valence-electron chi connectivity index (χ0n) is 13.0. The minimum Gasteiger partial charge on any atom is -0.339 e. The van der Waals surface area contributed by atoms with Crippen LogP contribution in [0.3, 0.4) is 0 Å². The number of nitrogens with zero attached hydrogens (tertiary/aromatic N) is 3. The molecule has 3 amide bonds. The van der Waals surface area contributed by atoms with E-state index in [9.17, 15) is 14.4 Å². The summed E-state index contributed by atoms with van der Waals surface area (Å²) in [5.41, 5.74) is 2.71. The van der Waals surface area contributed by atoms with Gasteiger partial charge in [0.1, 0.15) is 5.71 Å². The van der Waals surface area contributed by atoms with Crippen molar-refractivity contribution in [3.8, 4) is 0 Å². The first kappa shape index (κ1) is 16.9. The second kappa shape index (κ2) is 7.31. The fourth-order valence-corrected chi connectivity index (χ4v) is 3.76. The maximum atomic E-state index is 12.4. The third kappa shape index (κ3) is 3.93. The minimum absolute atomic E-state index is 0.0443. The van der Waals surface area contributed by atoms with Gasteiger partial charge in [-0.05, 0) is 12.1 Å². The van der Waals surface area contributed by atoms with E-state index >= 15 is 0 Å². The lowest BCUT2D eigenvalue weighted by Gasteiger charge is -2.35. The molecule has 7 nitrogen and oxygen atoms in total. The second-order valence-electron chi connectivity index (χ2n) is 5.65. The van der Waals surface area contributed by atoms with E-state index in [1.807, 2.05) is 6.07 Å². The van der Waals surface area contributed by atoms with Crippen molar-refractivity contribution >= 4 is 46.4 Å². The maximum Gasteiger partial charge on any atom is 0.270 e. The van der Waals surface area contributed by atoms with Gasteiger partial charge in [0.05, 0.1) is 10.8 Å². The number of thiophene rings is 1. The summed E-state index contributed by atoms with van der Waals surface area (Å²) in [5.74, 6) is -0.286. The normalized spacial score (nSPS) is 18.2. The van der Waals surface area contributed by atoms with Crippen molar-refractivity contribution in [2.75, 3.05) is 26.2 Å². The number of rotatable bonds is 3. The van der Waals surface area contributed by atoms with Crippen molar-refractivity contribution in [3.63, 3.8) is 0 Å². The Morgan fingerprint density at radius 1 is 1.17 bits per heavy atom. The van der Waals surface area contributed by atoms with Gasteiger partial charge in [-0.2, -0.15) is 5.10 Å². The van der Waals surface area contributed by atoms with Crippen LogP contribution in [0.15, 0.2) is 17.2 Å². The van der Waals surface area contributed by atoms with Crippen molar-refractivity contribution in [1.29, 1.82) is 0 Å². The van der Waals surface area contributed by atoms with Crippen LogP contribution in [-0.4, -0.2) is 59.4 Å². The molecule has 0 radical (unpaired) electrons. The second-order valence-corrected chi connectivity index (χ2v) is 7.45. The molecule has 0 saturated carbocycles. The van der Waals surface area contributed by atoms with Gasteiger partial charge >= 0.3 is 0 Å². The molecule has 2 aliphatic rings. The van der Waals surface area contributed by atoms with Crippen molar-refractivity contribution in [2.24, 2.45) is 5.10 Å². The first-order valence-electron chi connectivity index (χ1n) is 7.69. The van der Waals surface area contributed by atoms with E-state index < -0.39 is 0 Å². The minimum atomic E-state index is -0.171. The average Bonchev–Trinajstić information content (AvgIpc) is 3.00. The van der Waals surface area contributed by atoms with E-state index in [-0.39, 0.29) is 24.1 Å². The predicted molar refractivity (Wildman–Crippen MR) is 91.0 cm³/mol. The molecule has 1 aromatic heterocycles. The number of hydrazone groups is 1. The van der Waals surface area contributed by atoms with Gasteiger partial charge in [-0.25, -0.2) is 5.43 Å². The Balaban J connectivity index is 1.51. The van der Waals surface area contributed by atoms with Gasteiger partial charge in [-0.15, -0.1) is 11.3 Å². The molecule has 1 saturated heterocycles. The zero-order chi connectivity index (χ0) is 17.1. The predicted octanol–water partition coefficient (Wildman–Crippen LogP) is 0.881. The number of hydrogen-bond acceptors (Lipinski definition) is 5. The van der Waals surface area contributed by atoms with Gasteiger partial charge < -0.3 is 9.80 Å². The Morgan fingerprint density at radius 3 is 2.46 bits per heavy atom. The van der Waals surface area contributed by atoms with Gasteiger partial charge in [0.15, 0.2) is 0 Å².